The van der Waals surface area contributed by atoms with Crippen LogP contribution in [0.5, 0.6) is 0 Å². The van der Waals surface area contributed by atoms with Crippen LogP contribution in [-0.2, 0) is 38.6 Å². The molecular formula is C15H24O8. The van der Waals surface area contributed by atoms with Gasteiger partial charge in [0.25, 0.3) is 0 Å². The molecule has 0 atom stereocenters. The van der Waals surface area contributed by atoms with E-state index in [0.29, 0.717) is 37.3 Å². The molecule has 3 fully saturated rings. The van der Waals surface area contributed by atoms with E-state index in [1.165, 1.54) is 13.8 Å². The Bertz CT molecular complexity index is 366. The van der Waals surface area contributed by atoms with E-state index >= 15 is 0 Å². The van der Waals surface area contributed by atoms with Gasteiger partial charge in [-0.05, 0) is 30.1 Å². The summed E-state index contributed by atoms with van der Waals surface area (Å²) in [6.07, 6.45) is 3.32. The summed E-state index contributed by atoms with van der Waals surface area (Å²) < 4.78 is 11.1. The molecule has 0 amide bonds. The lowest BCUT2D eigenvalue weighted by Crippen LogP contribution is -2.65. The smallest absolute Gasteiger partial charge is 0.339 e. The van der Waals surface area contributed by atoms with Gasteiger partial charge < -0.3 is 9.47 Å². The summed E-state index contributed by atoms with van der Waals surface area (Å²) in [5.74, 6) is -0.936. The molecule has 0 saturated heterocycles. The lowest BCUT2D eigenvalue weighted by atomic mass is 9.35. The highest BCUT2D eigenvalue weighted by molar-refractivity contribution is 5.65. The third-order valence-electron chi connectivity index (χ3n) is 4.04. The summed E-state index contributed by atoms with van der Waals surface area (Å²) in [5, 5.41) is 0. The normalized spacial score (nSPS) is 27.7. The Morgan fingerprint density at radius 2 is 1.13 bits per heavy atom. The Labute approximate surface area is 135 Å². The summed E-state index contributed by atoms with van der Waals surface area (Å²) in [5.41, 5.74) is 0.581. The van der Waals surface area contributed by atoms with Crippen LogP contribution in [0.1, 0.15) is 33.1 Å². The summed E-state index contributed by atoms with van der Waals surface area (Å²) >= 11 is 0. The molecule has 0 spiro atoms. The first-order valence-corrected chi connectivity index (χ1v) is 7.71. The molecular weight excluding hydrogens is 308 g/mol. The number of hydrogen-bond acceptors (Lipinski definition) is 8. The first kappa shape index (κ1) is 18.1. The molecule has 3 aliphatic carbocycles. The average Bonchev–Trinajstić information content (AvgIpc) is 2.39. The van der Waals surface area contributed by atoms with Gasteiger partial charge in [0, 0.05) is 13.8 Å². The molecule has 3 rings (SSSR count). The van der Waals surface area contributed by atoms with Crippen molar-refractivity contribution in [2.24, 2.45) is 10.8 Å². The Morgan fingerprint density at radius 3 is 1.48 bits per heavy atom. The molecule has 3 saturated carbocycles. The van der Waals surface area contributed by atoms with Gasteiger partial charge in [-0.3, -0.25) is 9.78 Å². The van der Waals surface area contributed by atoms with Crippen molar-refractivity contribution in [3.8, 4) is 0 Å². The molecule has 0 heterocycles. The van der Waals surface area contributed by atoms with Crippen LogP contribution >= 0.6 is 0 Å². The zero-order chi connectivity index (χ0) is 16.8. The predicted octanol–water partition coefficient (Wildman–Crippen LogP) is 1.18. The lowest BCUT2D eigenvalue weighted by Gasteiger charge is -2.70. The second kappa shape index (κ2) is 8.05. The molecule has 0 unspecified atom stereocenters. The van der Waals surface area contributed by atoms with Gasteiger partial charge in [-0.1, -0.05) is 0 Å². The predicted molar refractivity (Wildman–Crippen MR) is 75.8 cm³/mol. The number of rotatable bonds is 12. The van der Waals surface area contributed by atoms with Crippen LogP contribution in [0.3, 0.4) is 0 Å². The largest absolute Gasteiger partial charge is 0.378 e. The molecule has 0 aliphatic heterocycles. The van der Waals surface area contributed by atoms with Crippen molar-refractivity contribution in [2.45, 2.75) is 33.1 Å². The molecule has 0 aromatic carbocycles. The van der Waals surface area contributed by atoms with E-state index in [4.69, 9.17) is 9.47 Å². The molecule has 0 N–H and O–H groups in total. The maximum absolute atomic E-state index is 10.5. The Kier molecular flexibility index (Phi) is 6.34. The van der Waals surface area contributed by atoms with Crippen LogP contribution in [0.25, 0.3) is 0 Å². The van der Waals surface area contributed by atoms with Gasteiger partial charge in [0.15, 0.2) is 0 Å². The molecule has 132 valence electrons. The van der Waals surface area contributed by atoms with E-state index < -0.39 is 11.9 Å². The van der Waals surface area contributed by atoms with Crippen LogP contribution in [0.15, 0.2) is 0 Å². The third-order valence-corrected chi connectivity index (χ3v) is 4.04. The summed E-state index contributed by atoms with van der Waals surface area (Å²) in [4.78, 5) is 39.0. The maximum atomic E-state index is 10.5. The van der Waals surface area contributed by atoms with E-state index in [2.05, 4.69) is 19.6 Å². The van der Waals surface area contributed by atoms with E-state index in [9.17, 15) is 9.59 Å². The minimum atomic E-state index is -0.468. The van der Waals surface area contributed by atoms with Gasteiger partial charge in [0.05, 0.1) is 26.4 Å². The molecule has 8 heteroatoms. The van der Waals surface area contributed by atoms with Gasteiger partial charge in [0.1, 0.15) is 13.2 Å². The molecule has 23 heavy (non-hydrogen) atoms. The molecule has 0 aromatic heterocycles. The van der Waals surface area contributed by atoms with Crippen LogP contribution in [-0.4, -0.2) is 51.6 Å². The SMILES string of the molecule is CC(=O)OOCCOCC12CC(COCCOOC(C)=O)(C1)C2. The van der Waals surface area contributed by atoms with E-state index in [1.807, 2.05) is 0 Å². The van der Waals surface area contributed by atoms with Crippen molar-refractivity contribution in [2.75, 3.05) is 39.6 Å². The topological polar surface area (TPSA) is 89.5 Å². The van der Waals surface area contributed by atoms with Crippen LogP contribution in [0, 0.1) is 10.8 Å². The van der Waals surface area contributed by atoms with Crippen molar-refractivity contribution in [3.05, 3.63) is 0 Å². The lowest BCUT2D eigenvalue weighted by molar-refractivity contribution is -0.288. The van der Waals surface area contributed by atoms with Crippen molar-refractivity contribution in [3.63, 3.8) is 0 Å². The first-order valence-electron chi connectivity index (χ1n) is 7.71. The second-order valence-corrected chi connectivity index (χ2v) is 6.43. The Balaban J connectivity index is 1.42. The average molecular weight is 332 g/mol. The fourth-order valence-electron chi connectivity index (χ4n) is 3.55. The van der Waals surface area contributed by atoms with E-state index in [0.717, 1.165) is 19.3 Å². The van der Waals surface area contributed by atoms with Gasteiger partial charge in [0.2, 0.25) is 0 Å². The van der Waals surface area contributed by atoms with Gasteiger partial charge >= 0.3 is 11.9 Å². The van der Waals surface area contributed by atoms with Crippen molar-refractivity contribution in [1.29, 1.82) is 0 Å². The van der Waals surface area contributed by atoms with Crippen LogP contribution in [0.4, 0.5) is 0 Å². The Morgan fingerprint density at radius 1 is 0.739 bits per heavy atom. The summed E-state index contributed by atoms with van der Waals surface area (Å²) in [6.45, 7) is 5.28. The van der Waals surface area contributed by atoms with Gasteiger partial charge in [-0.25, -0.2) is 9.59 Å². The fourth-order valence-corrected chi connectivity index (χ4v) is 3.55. The number of carbonyl (C=O) groups excluding carboxylic acids is 2. The van der Waals surface area contributed by atoms with Crippen LogP contribution in [0.2, 0.25) is 0 Å². The number of ether oxygens (including phenoxy) is 2. The standard InChI is InChI=1S/C15H24O8/c1-12(16)22-20-5-3-18-10-14-7-15(8-14,9-14)11-19-4-6-21-23-13(2)17/h3-11H2,1-2H3. The van der Waals surface area contributed by atoms with Gasteiger partial charge in [-0.15, -0.1) is 0 Å². The highest BCUT2D eigenvalue weighted by Gasteiger charge is 2.67. The fraction of sp³-hybridized carbons (Fsp3) is 0.867. The minimum absolute atomic E-state index is 0.242. The van der Waals surface area contributed by atoms with E-state index in [-0.39, 0.29) is 13.2 Å². The maximum Gasteiger partial charge on any atom is 0.339 e. The highest BCUT2D eigenvalue weighted by Crippen LogP contribution is 2.73. The number of carbonyl (C=O) groups is 2. The molecule has 0 aromatic rings. The Hall–Kier alpha value is -1.22. The molecule has 8 nitrogen and oxygen atoms in total. The summed E-state index contributed by atoms with van der Waals surface area (Å²) in [7, 11) is 0. The highest BCUT2D eigenvalue weighted by atomic mass is 17.2. The second-order valence-electron chi connectivity index (χ2n) is 6.43. The van der Waals surface area contributed by atoms with E-state index in [1.54, 1.807) is 0 Å². The molecule has 3 aliphatic rings. The molecule has 0 radical (unpaired) electrons. The quantitative estimate of drug-likeness (QED) is 0.299. The van der Waals surface area contributed by atoms with Crippen molar-refractivity contribution in [1.82, 2.24) is 0 Å². The van der Waals surface area contributed by atoms with Crippen LogP contribution < -0.4 is 0 Å². The zero-order valence-electron chi connectivity index (χ0n) is 13.6. The zero-order valence-corrected chi connectivity index (χ0v) is 13.6. The monoisotopic (exact) mass is 332 g/mol. The first-order chi connectivity index (χ1) is 11.0. The van der Waals surface area contributed by atoms with Crippen molar-refractivity contribution < 1.29 is 38.6 Å². The number of hydrogen-bond donors (Lipinski definition) is 0. The van der Waals surface area contributed by atoms with Crippen molar-refractivity contribution >= 4 is 11.9 Å². The summed E-state index contributed by atoms with van der Waals surface area (Å²) in [6, 6.07) is 0. The minimum Gasteiger partial charge on any atom is -0.378 e. The molecule has 2 bridgehead atoms. The third kappa shape index (κ3) is 5.42. The van der Waals surface area contributed by atoms with Gasteiger partial charge in [-0.2, -0.15) is 9.78 Å².